The van der Waals surface area contributed by atoms with Gasteiger partial charge in [-0.2, -0.15) is 0 Å². The van der Waals surface area contributed by atoms with Gasteiger partial charge in [0.1, 0.15) is 0 Å². The summed E-state index contributed by atoms with van der Waals surface area (Å²) in [5.41, 5.74) is 1.35. The van der Waals surface area contributed by atoms with Crippen LogP contribution < -0.4 is 5.32 Å². The van der Waals surface area contributed by atoms with Gasteiger partial charge in [0.15, 0.2) is 0 Å². The Kier molecular flexibility index (Phi) is 5.68. The van der Waals surface area contributed by atoms with E-state index in [2.05, 4.69) is 36.2 Å². The Balaban J connectivity index is 1.73. The van der Waals surface area contributed by atoms with Gasteiger partial charge in [0, 0.05) is 23.7 Å². The van der Waals surface area contributed by atoms with E-state index >= 15 is 0 Å². The largest absolute Gasteiger partial charge is 0.310 e. The van der Waals surface area contributed by atoms with E-state index in [1.54, 1.807) is 0 Å². The first-order chi connectivity index (χ1) is 9.13. The summed E-state index contributed by atoms with van der Waals surface area (Å²) in [6.45, 7) is 8.27. The summed E-state index contributed by atoms with van der Waals surface area (Å²) in [6, 6.07) is 9.23. The molecule has 1 fully saturated rings. The second-order valence-corrected chi connectivity index (χ2v) is 6.24. The molecule has 0 amide bonds. The Hall–Kier alpha value is -0.570. The van der Waals surface area contributed by atoms with Crippen LogP contribution in [0.15, 0.2) is 24.3 Å². The summed E-state index contributed by atoms with van der Waals surface area (Å²) in [4.78, 5) is 2.56. The van der Waals surface area contributed by atoms with Gasteiger partial charge < -0.3 is 10.2 Å². The first kappa shape index (κ1) is 14.8. The quantitative estimate of drug-likeness (QED) is 0.860. The lowest BCUT2D eigenvalue weighted by Gasteiger charge is -2.24. The maximum Gasteiger partial charge on any atom is 0.0406 e. The molecule has 1 aliphatic heterocycles. The number of hydrogen-bond donors (Lipinski definition) is 1. The van der Waals surface area contributed by atoms with E-state index in [4.69, 9.17) is 11.6 Å². The zero-order valence-electron chi connectivity index (χ0n) is 12.0. The maximum atomic E-state index is 5.91. The van der Waals surface area contributed by atoms with Gasteiger partial charge in [-0.05, 0) is 63.9 Å². The lowest BCUT2D eigenvalue weighted by molar-refractivity contribution is 0.288. The predicted octanol–water partition coefficient (Wildman–Crippen LogP) is 3.34. The topological polar surface area (TPSA) is 15.3 Å². The van der Waals surface area contributed by atoms with Crippen molar-refractivity contribution in [2.45, 2.75) is 45.2 Å². The van der Waals surface area contributed by atoms with Crippen molar-refractivity contribution in [1.29, 1.82) is 0 Å². The first-order valence-electron chi connectivity index (χ1n) is 7.36. The minimum absolute atomic E-state index is 0.499. The van der Waals surface area contributed by atoms with Crippen LogP contribution in [0.2, 0.25) is 5.02 Å². The fourth-order valence-electron chi connectivity index (χ4n) is 2.92. The fraction of sp³-hybridized carbons (Fsp3) is 0.625. The second kappa shape index (κ2) is 7.28. The third kappa shape index (κ3) is 5.13. The Bertz CT molecular complexity index is 371. The van der Waals surface area contributed by atoms with Crippen molar-refractivity contribution in [3.05, 3.63) is 34.9 Å². The molecule has 2 atom stereocenters. The molecule has 1 saturated heterocycles. The van der Waals surface area contributed by atoms with Crippen molar-refractivity contribution in [1.82, 2.24) is 10.2 Å². The van der Waals surface area contributed by atoms with Crippen LogP contribution in [-0.2, 0) is 6.42 Å². The molecule has 2 unspecified atom stereocenters. The number of benzene rings is 1. The van der Waals surface area contributed by atoms with Crippen molar-refractivity contribution in [2.24, 2.45) is 0 Å². The van der Waals surface area contributed by atoms with Crippen LogP contribution in [0.3, 0.4) is 0 Å². The molecule has 106 valence electrons. The number of nitrogens with one attached hydrogen (secondary N) is 1. The minimum Gasteiger partial charge on any atom is -0.310 e. The third-order valence-electron chi connectivity index (χ3n) is 3.75. The van der Waals surface area contributed by atoms with Gasteiger partial charge in [-0.25, -0.2) is 0 Å². The van der Waals surface area contributed by atoms with Gasteiger partial charge in [-0.3, -0.25) is 0 Å². The Morgan fingerprint density at radius 3 is 2.37 bits per heavy atom. The first-order valence-corrected chi connectivity index (χ1v) is 7.74. The molecule has 1 aliphatic rings. The molecular weight excluding hydrogens is 256 g/mol. The molecule has 2 rings (SSSR count). The number of hydrogen-bond acceptors (Lipinski definition) is 2. The average molecular weight is 281 g/mol. The lowest BCUT2D eigenvalue weighted by Crippen LogP contribution is -2.42. The number of halogens is 1. The second-order valence-electron chi connectivity index (χ2n) is 5.81. The molecule has 0 radical (unpaired) electrons. The molecule has 1 N–H and O–H groups in total. The molecule has 0 spiro atoms. The van der Waals surface area contributed by atoms with Crippen LogP contribution in [0.4, 0.5) is 0 Å². The number of likely N-dealkylation sites (tertiary alicyclic amines) is 1. The predicted molar refractivity (Wildman–Crippen MR) is 82.9 cm³/mol. The molecule has 1 aromatic rings. The summed E-state index contributed by atoms with van der Waals surface area (Å²) in [5.74, 6) is 0. The molecule has 1 heterocycles. The zero-order chi connectivity index (χ0) is 13.7. The SMILES string of the molecule is CC(Cc1ccc(Cl)cc1)NC(C)CN1CCCC1. The summed E-state index contributed by atoms with van der Waals surface area (Å²) >= 11 is 5.91. The standard InChI is InChI=1S/C16H25ClN2/c1-13(11-15-5-7-16(17)8-6-15)18-14(2)12-19-9-3-4-10-19/h5-8,13-14,18H,3-4,9-12H2,1-2H3. The molecule has 19 heavy (non-hydrogen) atoms. The molecular formula is C16H25ClN2. The van der Waals surface area contributed by atoms with E-state index in [0.717, 1.165) is 11.4 Å². The molecule has 2 nitrogen and oxygen atoms in total. The summed E-state index contributed by atoms with van der Waals surface area (Å²) in [5, 5.41) is 4.51. The van der Waals surface area contributed by atoms with Crippen molar-refractivity contribution < 1.29 is 0 Å². The van der Waals surface area contributed by atoms with E-state index in [1.807, 2.05) is 12.1 Å². The molecule has 0 saturated carbocycles. The van der Waals surface area contributed by atoms with Crippen LogP contribution in [-0.4, -0.2) is 36.6 Å². The van der Waals surface area contributed by atoms with E-state index in [9.17, 15) is 0 Å². The smallest absolute Gasteiger partial charge is 0.0406 e. The van der Waals surface area contributed by atoms with Gasteiger partial charge in [0.2, 0.25) is 0 Å². The summed E-state index contributed by atoms with van der Waals surface area (Å²) < 4.78 is 0. The van der Waals surface area contributed by atoms with Crippen molar-refractivity contribution in [3.8, 4) is 0 Å². The highest BCUT2D eigenvalue weighted by Crippen LogP contribution is 2.12. The van der Waals surface area contributed by atoms with Gasteiger partial charge in [-0.15, -0.1) is 0 Å². The van der Waals surface area contributed by atoms with Crippen molar-refractivity contribution in [2.75, 3.05) is 19.6 Å². The van der Waals surface area contributed by atoms with E-state index < -0.39 is 0 Å². The van der Waals surface area contributed by atoms with Gasteiger partial charge in [-0.1, -0.05) is 23.7 Å². The molecule has 0 bridgehead atoms. The zero-order valence-corrected chi connectivity index (χ0v) is 12.8. The van der Waals surface area contributed by atoms with Gasteiger partial charge >= 0.3 is 0 Å². The van der Waals surface area contributed by atoms with Crippen molar-refractivity contribution in [3.63, 3.8) is 0 Å². The van der Waals surface area contributed by atoms with Crippen LogP contribution in [0.5, 0.6) is 0 Å². The molecule has 0 aromatic heterocycles. The molecule has 0 aliphatic carbocycles. The Morgan fingerprint density at radius 2 is 1.74 bits per heavy atom. The minimum atomic E-state index is 0.499. The van der Waals surface area contributed by atoms with Crippen LogP contribution in [0.1, 0.15) is 32.3 Å². The maximum absolute atomic E-state index is 5.91. The summed E-state index contributed by atoms with van der Waals surface area (Å²) in [7, 11) is 0. The highest BCUT2D eigenvalue weighted by molar-refractivity contribution is 6.30. The Labute approximate surface area is 122 Å². The molecule has 3 heteroatoms. The number of nitrogens with zero attached hydrogens (tertiary/aromatic N) is 1. The monoisotopic (exact) mass is 280 g/mol. The average Bonchev–Trinajstić information content (AvgIpc) is 2.84. The lowest BCUT2D eigenvalue weighted by atomic mass is 10.1. The van der Waals surface area contributed by atoms with E-state index in [-0.39, 0.29) is 0 Å². The summed E-state index contributed by atoms with van der Waals surface area (Å²) in [6.07, 6.45) is 3.79. The normalized spacial score (nSPS) is 19.5. The fourth-order valence-corrected chi connectivity index (χ4v) is 3.05. The van der Waals surface area contributed by atoms with Gasteiger partial charge in [0.05, 0.1) is 0 Å². The van der Waals surface area contributed by atoms with Crippen LogP contribution in [0.25, 0.3) is 0 Å². The third-order valence-corrected chi connectivity index (χ3v) is 4.01. The van der Waals surface area contributed by atoms with Gasteiger partial charge in [0.25, 0.3) is 0 Å². The van der Waals surface area contributed by atoms with Crippen LogP contribution >= 0.6 is 11.6 Å². The van der Waals surface area contributed by atoms with E-state index in [1.165, 1.54) is 38.0 Å². The van der Waals surface area contributed by atoms with Crippen LogP contribution in [0, 0.1) is 0 Å². The highest BCUT2D eigenvalue weighted by Gasteiger charge is 2.15. The molecule has 1 aromatic carbocycles. The van der Waals surface area contributed by atoms with E-state index in [0.29, 0.717) is 12.1 Å². The van der Waals surface area contributed by atoms with Crippen molar-refractivity contribution >= 4 is 11.6 Å². The highest BCUT2D eigenvalue weighted by atomic mass is 35.5. The number of rotatable bonds is 6. The Morgan fingerprint density at radius 1 is 1.11 bits per heavy atom.